The lowest BCUT2D eigenvalue weighted by Gasteiger charge is -2.02. The van der Waals surface area contributed by atoms with E-state index in [2.05, 4.69) is 19.1 Å². The fourth-order valence-electron chi connectivity index (χ4n) is 1.34. The number of rotatable bonds is 8. The van der Waals surface area contributed by atoms with Gasteiger partial charge in [0.05, 0.1) is 6.10 Å². The van der Waals surface area contributed by atoms with E-state index in [1.807, 2.05) is 6.92 Å². The molecular weight excluding hydrogens is 160 g/mol. The van der Waals surface area contributed by atoms with Gasteiger partial charge >= 0.3 is 0 Å². The van der Waals surface area contributed by atoms with E-state index in [1.54, 1.807) is 0 Å². The van der Waals surface area contributed by atoms with Crippen LogP contribution in [0.4, 0.5) is 0 Å². The Labute approximate surface area is 82.9 Å². The second-order valence-corrected chi connectivity index (χ2v) is 3.72. The zero-order chi connectivity index (χ0) is 9.94. The molecule has 0 aliphatic rings. The number of aliphatic hydroxyl groups is 1. The SMILES string of the molecule is CCC=CCCCCCCC(C)O. The van der Waals surface area contributed by atoms with Crippen LogP contribution in [0.5, 0.6) is 0 Å². The van der Waals surface area contributed by atoms with Crippen molar-refractivity contribution in [1.82, 2.24) is 0 Å². The van der Waals surface area contributed by atoms with Crippen molar-refractivity contribution in [2.45, 2.75) is 64.9 Å². The van der Waals surface area contributed by atoms with Gasteiger partial charge < -0.3 is 5.11 Å². The molecule has 78 valence electrons. The van der Waals surface area contributed by atoms with Crippen molar-refractivity contribution in [3.05, 3.63) is 12.2 Å². The molecule has 1 nitrogen and oxygen atoms in total. The van der Waals surface area contributed by atoms with Crippen LogP contribution in [0.3, 0.4) is 0 Å². The highest BCUT2D eigenvalue weighted by Crippen LogP contribution is 2.07. The molecule has 0 radical (unpaired) electrons. The molecule has 0 spiro atoms. The van der Waals surface area contributed by atoms with Gasteiger partial charge in [-0.05, 0) is 32.6 Å². The zero-order valence-electron chi connectivity index (χ0n) is 9.13. The number of hydrogen-bond donors (Lipinski definition) is 1. The Morgan fingerprint density at radius 3 is 2.38 bits per heavy atom. The summed E-state index contributed by atoms with van der Waals surface area (Å²) in [6.45, 7) is 4.03. The van der Waals surface area contributed by atoms with E-state index in [-0.39, 0.29) is 6.10 Å². The Morgan fingerprint density at radius 1 is 1.08 bits per heavy atom. The fraction of sp³-hybridized carbons (Fsp3) is 0.833. The molecule has 0 aromatic rings. The van der Waals surface area contributed by atoms with Crippen LogP contribution in [0.25, 0.3) is 0 Å². The van der Waals surface area contributed by atoms with Gasteiger partial charge in [0.1, 0.15) is 0 Å². The molecule has 0 aliphatic carbocycles. The van der Waals surface area contributed by atoms with Gasteiger partial charge in [0, 0.05) is 0 Å². The first-order valence-corrected chi connectivity index (χ1v) is 5.60. The van der Waals surface area contributed by atoms with Crippen LogP contribution in [0, 0.1) is 0 Å². The highest BCUT2D eigenvalue weighted by atomic mass is 16.3. The molecule has 0 saturated carbocycles. The summed E-state index contributed by atoms with van der Waals surface area (Å²) in [6.07, 6.45) is 12.8. The topological polar surface area (TPSA) is 20.2 Å². The number of unbranched alkanes of at least 4 members (excludes halogenated alkanes) is 4. The molecule has 1 unspecified atom stereocenters. The molecule has 0 bridgehead atoms. The highest BCUT2D eigenvalue weighted by Gasteiger charge is 1.94. The van der Waals surface area contributed by atoms with Crippen LogP contribution >= 0.6 is 0 Å². The quantitative estimate of drug-likeness (QED) is 0.451. The van der Waals surface area contributed by atoms with E-state index in [4.69, 9.17) is 5.11 Å². The smallest absolute Gasteiger partial charge is 0.0512 e. The summed E-state index contributed by atoms with van der Waals surface area (Å²) < 4.78 is 0. The van der Waals surface area contributed by atoms with Crippen LogP contribution in [0.1, 0.15) is 58.8 Å². The van der Waals surface area contributed by atoms with Crippen LogP contribution < -0.4 is 0 Å². The molecular formula is C12H24O. The third-order valence-electron chi connectivity index (χ3n) is 2.15. The first-order chi connectivity index (χ1) is 6.27. The molecule has 0 fully saturated rings. The predicted molar refractivity (Wildman–Crippen MR) is 58.8 cm³/mol. The number of hydrogen-bond acceptors (Lipinski definition) is 1. The monoisotopic (exact) mass is 184 g/mol. The van der Waals surface area contributed by atoms with Crippen molar-refractivity contribution in [2.75, 3.05) is 0 Å². The average Bonchev–Trinajstić information content (AvgIpc) is 2.09. The maximum absolute atomic E-state index is 9.01. The van der Waals surface area contributed by atoms with Gasteiger partial charge in [-0.1, -0.05) is 38.3 Å². The summed E-state index contributed by atoms with van der Waals surface area (Å²) in [7, 11) is 0. The molecule has 0 rings (SSSR count). The van der Waals surface area contributed by atoms with E-state index < -0.39 is 0 Å². The van der Waals surface area contributed by atoms with Crippen LogP contribution in [0.15, 0.2) is 12.2 Å². The number of allylic oxidation sites excluding steroid dienone is 2. The summed E-state index contributed by atoms with van der Waals surface area (Å²) in [5.74, 6) is 0. The first kappa shape index (κ1) is 12.7. The van der Waals surface area contributed by atoms with Gasteiger partial charge in [-0.3, -0.25) is 0 Å². The van der Waals surface area contributed by atoms with Gasteiger partial charge in [-0.25, -0.2) is 0 Å². The van der Waals surface area contributed by atoms with Crippen molar-refractivity contribution in [1.29, 1.82) is 0 Å². The molecule has 0 heterocycles. The van der Waals surface area contributed by atoms with E-state index in [0.717, 1.165) is 12.8 Å². The van der Waals surface area contributed by atoms with E-state index in [1.165, 1.54) is 32.1 Å². The molecule has 0 aromatic heterocycles. The Kier molecular flexibility index (Phi) is 9.56. The van der Waals surface area contributed by atoms with Crippen molar-refractivity contribution in [2.24, 2.45) is 0 Å². The second kappa shape index (κ2) is 9.79. The predicted octanol–water partition coefficient (Wildman–Crippen LogP) is 3.67. The Morgan fingerprint density at radius 2 is 1.77 bits per heavy atom. The van der Waals surface area contributed by atoms with Gasteiger partial charge in [0.25, 0.3) is 0 Å². The molecule has 1 heteroatoms. The third kappa shape index (κ3) is 11.7. The summed E-state index contributed by atoms with van der Waals surface area (Å²) >= 11 is 0. The summed E-state index contributed by atoms with van der Waals surface area (Å²) in [5, 5.41) is 9.01. The van der Waals surface area contributed by atoms with Crippen LogP contribution in [-0.4, -0.2) is 11.2 Å². The summed E-state index contributed by atoms with van der Waals surface area (Å²) in [4.78, 5) is 0. The lowest BCUT2D eigenvalue weighted by Crippen LogP contribution is -1.97. The van der Waals surface area contributed by atoms with Crippen molar-refractivity contribution in [3.63, 3.8) is 0 Å². The van der Waals surface area contributed by atoms with Gasteiger partial charge in [0.15, 0.2) is 0 Å². The van der Waals surface area contributed by atoms with E-state index in [9.17, 15) is 0 Å². The summed E-state index contributed by atoms with van der Waals surface area (Å²) in [6, 6.07) is 0. The first-order valence-electron chi connectivity index (χ1n) is 5.60. The zero-order valence-corrected chi connectivity index (χ0v) is 9.13. The minimum Gasteiger partial charge on any atom is -0.393 e. The van der Waals surface area contributed by atoms with Crippen LogP contribution in [-0.2, 0) is 0 Å². The van der Waals surface area contributed by atoms with Crippen LogP contribution in [0.2, 0.25) is 0 Å². The third-order valence-corrected chi connectivity index (χ3v) is 2.15. The van der Waals surface area contributed by atoms with E-state index in [0.29, 0.717) is 0 Å². The Hall–Kier alpha value is -0.300. The molecule has 0 aromatic carbocycles. The Balaban J connectivity index is 2.95. The van der Waals surface area contributed by atoms with Gasteiger partial charge in [0.2, 0.25) is 0 Å². The number of aliphatic hydroxyl groups excluding tert-OH is 1. The average molecular weight is 184 g/mol. The highest BCUT2D eigenvalue weighted by molar-refractivity contribution is 4.79. The molecule has 13 heavy (non-hydrogen) atoms. The summed E-state index contributed by atoms with van der Waals surface area (Å²) in [5.41, 5.74) is 0. The molecule has 0 saturated heterocycles. The van der Waals surface area contributed by atoms with Gasteiger partial charge in [-0.15, -0.1) is 0 Å². The largest absolute Gasteiger partial charge is 0.393 e. The Bertz CT molecular complexity index is 116. The lowest BCUT2D eigenvalue weighted by molar-refractivity contribution is 0.180. The maximum Gasteiger partial charge on any atom is 0.0512 e. The second-order valence-electron chi connectivity index (χ2n) is 3.72. The van der Waals surface area contributed by atoms with E-state index >= 15 is 0 Å². The van der Waals surface area contributed by atoms with Gasteiger partial charge in [-0.2, -0.15) is 0 Å². The molecule has 0 amide bonds. The minimum absolute atomic E-state index is 0.111. The maximum atomic E-state index is 9.01. The lowest BCUT2D eigenvalue weighted by atomic mass is 10.1. The molecule has 1 atom stereocenters. The van der Waals surface area contributed by atoms with Crippen molar-refractivity contribution >= 4 is 0 Å². The van der Waals surface area contributed by atoms with Crippen molar-refractivity contribution < 1.29 is 5.11 Å². The molecule has 1 N–H and O–H groups in total. The van der Waals surface area contributed by atoms with Crippen molar-refractivity contribution in [3.8, 4) is 0 Å². The normalized spacial score (nSPS) is 13.8. The fourth-order valence-corrected chi connectivity index (χ4v) is 1.34. The standard InChI is InChI=1S/C12H24O/c1-3-4-5-6-7-8-9-10-11-12(2)13/h4-5,12-13H,3,6-11H2,1-2H3. The molecule has 0 aliphatic heterocycles. The minimum atomic E-state index is -0.111.